The Bertz CT molecular complexity index is 326. The topological polar surface area (TPSA) is 15.3 Å². The fraction of sp³-hybridized carbons (Fsp3) is 0.538. The van der Waals surface area contributed by atoms with Gasteiger partial charge in [-0.15, -0.1) is 0 Å². The Labute approximate surface area is 91.3 Å². The molecule has 0 aromatic heterocycles. The molecule has 0 bridgehead atoms. The largest absolute Gasteiger partial charge is 0.316 e. The van der Waals surface area contributed by atoms with Crippen LogP contribution in [0.1, 0.15) is 5.56 Å². The van der Waals surface area contributed by atoms with E-state index in [0.717, 1.165) is 24.4 Å². The molecule has 1 saturated carbocycles. The molecule has 0 amide bonds. The second-order valence-electron chi connectivity index (χ2n) is 4.88. The molecule has 1 aliphatic heterocycles. The van der Waals surface area contributed by atoms with Crippen molar-refractivity contribution < 1.29 is 0 Å². The lowest BCUT2D eigenvalue weighted by molar-refractivity contribution is 0.281. The van der Waals surface area contributed by atoms with Crippen molar-refractivity contribution in [3.8, 4) is 0 Å². The van der Waals surface area contributed by atoms with E-state index >= 15 is 0 Å². The van der Waals surface area contributed by atoms with Crippen LogP contribution in [0.2, 0.25) is 0 Å². The molecule has 2 fully saturated rings. The molecule has 1 heterocycles. The van der Waals surface area contributed by atoms with Gasteiger partial charge in [0.25, 0.3) is 0 Å². The maximum Gasteiger partial charge on any atom is 0.0233 e. The summed E-state index contributed by atoms with van der Waals surface area (Å²) < 4.78 is 0. The zero-order valence-electron chi connectivity index (χ0n) is 9.19. The predicted molar refractivity (Wildman–Crippen MR) is 61.5 cm³/mol. The van der Waals surface area contributed by atoms with Crippen LogP contribution < -0.4 is 5.32 Å². The number of piperidine rings is 1. The number of hydrogen-bond donors (Lipinski definition) is 1. The van der Waals surface area contributed by atoms with Crippen LogP contribution >= 0.6 is 0 Å². The van der Waals surface area contributed by atoms with Crippen LogP contribution in [0.15, 0.2) is 30.3 Å². The third-order valence-electron chi connectivity index (χ3n) is 3.83. The Morgan fingerprint density at radius 1 is 1.20 bits per heavy atom. The first-order valence-corrected chi connectivity index (χ1v) is 5.81. The first-order valence-electron chi connectivity index (χ1n) is 5.81. The molecule has 1 saturated heterocycles. The van der Waals surface area contributed by atoms with E-state index in [-0.39, 0.29) is 0 Å². The van der Waals surface area contributed by atoms with Gasteiger partial charge in [0.05, 0.1) is 0 Å². The number of hydrogen-bond acceptors (Lipinski definition) is 2. The highest BCUT2D eigenvalue weighted by Crippen LogP contribution is 2.45. The van der Waals surface area contributed by atoms with Gasteiger partial charge in [-0.2, -0.15) is 0 Å². The lowest BCUT2D eigenvalue weighted by Gasteiger charge is -2.19. The number of rotatable bonds is 3. The van der Waals surface area contributed by atoms with Crippen molar-refractivity contribution in [3.05, 3.63) is 35.9 Å². The van der Waals surface area contributed by atoms with E-state index < -0.39 is 0 Å². The summed E-state index contributed by atoms with van der Waals surface area (Å²) in [6, 6.07) is 11.6. The number of benzene rings is 1. The normalized spacial score (nSPS) is 33.1. The number of nitrogens with one attached hydrogen (secondary N) is 1. The second-order valence-corrected chi connectivity index (χ2v) is 4.88. The van der Waals surface area contributed by atoms with Gasteiger partial charge in [-0.3, -0.25) is 4.90 Å². The van der Waals surface area contributed by atoms with Gasteiger partial charge in [0.2, 0.25) is 0 Å². The summed E-state index contributed by atoms with van der Waals surface area (Å²) in [7, 11) is 2.26. The number of nitrogens with zero attached hydrogens (tertiary/aromatic N) is 1. The molecule has 0 radical (unpaired) electrons. The van der Waals surface area contributed by atoms with E-state index in [0.29, 0.717) is 0 Å². The molecular weight excluding hydrogens is 184 g/mol. The van der Waals surface area contributed by atoms with Crippen LogP contribution in [0.3, 0.4) is 0 Å². The van der Waals surface area contributed by atoms with E-state index in [1.807, 2.05) is 0 Å². The van der Waals surface area contributed by atoms with Crippen LogP contribution in [-0.2, 0) is 6.54 Å². The van der Waals surface area contributed by atoms with E-state index in [1.54, 1.807) is 0 Å². The van der Waals surface area contributed by atoms with Gasteiger partial charge in [-0.05, 0) is 37.5 Å². The molecular formula is C13H18N2. The zero-order valence-corrected chi connectivity index (χ0v) is 9.19. The lowest BCUT2D eigenvalue weighted by atomic mass is 10.2. The Balaban J connectivity index is 1.60. The van der Waals surface area contributed by atoms with Crippen molar-refractivity contribution in [2.24, 2.45) is 11.8 Å². The first-order chi connectivity index (χ1) is 7.36. The molecule has 15 heavy (non-hydrogen) atoms. The maximum absolute atomic E-state index is 3.44. The van der Waals surface area contributed by atoms with Crippen LogP contribution in [0.25, 0.3) is 0 Å². The highest BCUT2D eigenvalue weighted by atomic mass is 15.2. The SMILES string of the molecule is CN(Cc1ccccc1)C1C2CNCC21. The zero-order chi connectivity index (χ0) is 10.3. The minimum Gasteiger partial charge on any atom is -0.316 e. The van der Waals surface area contributed by atoms with Crippen molar-refractivity contribution in [3.63, 3.8) is 0 Å². The van der Waals surface area contributed by atoms with Gasteiger partial charge in [-0.1, -0.05) is 30.3 Å². The van der Waals surface area contributed by atoms with Gasteiger partial charge >= 0.3 is 0 Å². The van der Waals surface area contributed by atoms with Crippen molar-refractivity contribution in [1.29, 1.82) is 0 Å². The summed E-state index contributed by atoms with van der Waals surface area (Å²) in [5, 5.41) is 3.44. The minimum absolute atomic E-state index is 0.839. The van der Waals surface area contributed by atoms with E-state index in [1.165, 1.54) is 18.7 Å². The van der Waals surface area contributed by atoms with Crippen LogP contribution in [-0.4, -0.2) is 31.1 Å². The Morgan fingerprint density at radius 2 is 1.87 bits per heavy atom. The summed E-state index contributed by atoms with van der Waals surface area (Å²) in [4.78, 5) is 2.52. The van der Waals surface area contributed by atoms with Crippen molar-refractivity contribution in [2.75, 3.05) is 20.1 Å². The molecule has 2 unspecified atom stereocenters. The highest BCUT2D eigenvalue weighted by Gasteiger charge is 2.54. The summed E-state index contributed by atoms with van der Waals surface area (Å²) in [6.07, 6.45) is 0. The molecule has 3 rings (SSSR count). The molecule has 1 aromatic rings. The molecule has 0 spiro atoms. The fourth-order valence-electron chi connectivity index (χ4n) is 3.02. The molecule has 1 aromatic carbocycles. The van der Waals surface area contributed by atoms with Crippen LogP contribution in [0.4, 0.5) is 0 Å². The summed E-state index contributed by atoms with van der Waals surface area (Å²) in [5.74, 6) is 1.86. The minimum atomic E-state index is 0.839. The summed E-state index contributed by atoms with van der Waals surface area (Å²) in [6.45, 7) is 3.56. The predicted octanol–water partition coefficient (Wildman–Crippen LogP) is 1.34. The lowest BCUT2D eigenvalue weighted by Crippen LogP contribution is -2.29. The Morgan fingerprint density at radius 3 is 2.53 bits per heavy atom. The van der Waals surface area contributed by atoms with E-state index in [2.05, 4.69) is 47.6 Å². The quantitative estimate of drug-likeness (QED) is 0.795. The molecule has 2 nitrogen and oxygen atoms in total. The smallest absolute Gasteiger partial charge is 0.0233 e. The number of fused-ring (bicyclic) bond motifs is 1. The first kappa shape index (κ1) is 9.37. The van der Waals surface area contributed by atoms with Gasteiger partial charge in [0.1, 0.15) is 0 Å². The van der Waals surface area contributed by atoms with Gasteiger partial charge in [-0.25, -0.2) is 0 Å². The van der Waals surface area contributed by atoms with Crippen molar-refractivity contribution in [1.82, 2.24) is 10.2 Å². The average Bonchev–Trinajstić information content (AvgIpc) is 2.75. The monoisotopic (exact) mass is 202 g/mol. The summed E-state index contributed by atoms with van der Waals surface area (Å²) in [5.41, 5.74) is 1.43. The van der Waals surface area contributed by atoms with Crippen molar-refractivity contribution >= 4 is 0 Å². The van der Waals surface area contributed by atoms with Crippen LogP contribution in [0.5, 0.6) is 0 Å². The van der Waals surface area contributed by atoms with E-state index in [4.69, 9.17) is 0 Å². The molecule has 2 aliphatic rings. The fourth-order valence-corrected chi connectivity index (χ4v) is 3.02. The van der Waals surface area contributed by atoms with Gasteiger partial charge < -0.3 is 5.32 Å². The third kappa shape index (κ3) is 1.68. The molecule has 1 aliphatic carbocycles. The molecule has 2 heteroatoms. The molecule has 2 atom stereocenters. The highest BCUT2D eigenvalue weighted by molar-refractivity contribution is 5.16. The second kappa shape index (κ2) is 3.62. The molecule has 80 valence electrons. The third-order valence-corrected chi connectivity index (χ3v) is 3.83. The van der Waals surface area contributed by atoms with E-state index in [9.17, 15) is 0 Å². The van der Waals surface area contributed by atoms with Gasteiger partial charge in [0, 0.05) is 12.6 Å². The Kier molecular flexibility index (Phi) is 2.26. The van der Waals surface area contributed by atoms with Gasteiger partial charge in [0.15, 0.2) is 0 Å². The van der Waals surface area contributed by atoms with Crippen molar-refractivity contribution in [2.45, 2.75) is 12.6 Å². The molecule has 1 N–H and O–H groups in total. The standard InChI is InChI=1S/C13H18N2/c1-15(9-10-5-3-2-4-6-10)13-11-7-14-8-12(11)13/h2-6,11-14H,7-9H2,1H3. The average molecular weight is 202 g/mol. The summed E-state index contributed by atoms with van der Waals surface area (Å²) >= 11 is 0. The maximum atomic E-state index is 3.44. The Hall–Kier alpha value is -0.860. The van der Waals surface area contributed by atoms with Crippen LogP contribution in [0, 0.1) is 11.8 Å².